The van der Waals surface area contributed by atoms with Crippen molar-refractivity contribution in [3.63, 3.8) is 0 Å². The predicted octanol–water partition coefficient (Wildman–Crippen LogP) is 1.75. The lowest BCUT2D eigenvalue weighted by Gasteiger charge is -2.25. The van der Waals surface area contributed by atoms with E-state index in [4.69, 9.17) is 17.1 Å². The second-order valence-electron chi connectivity index (χ2n) is 5.54. The van der Waals surface area contributed by atoms with E-state index in [2.05, 4.69) is 5.09 Å². The van der Waals surface area contributed by atoms with Gasteiger partial charge in [-0.1, -0.05) is 13.8 Å². The molecule has 0 aromatic carbocycles. The molecule has 1 aliphatic heterocycles. The Morgan fingerprint density at radius 1 is 1.47 bits per heavy atom. The van der Waals surface area contributed by atoms with Crippen LogP contribution in [0.5, 0.6) is 0 Å². The zero-order valence-corrected chi connectivity index (χ0v) is 12.6. The third-order valence-electron chi connectivity index (χ3n) is 2.76. The summed E-state index contributed by atoms with van der Waals surface area (Å²) in [6.45, 7) is 7.17. The quantitative estimate of drug-likeness (QED) is 0.577. The second-order valence-corrected chi connectivity index (χ2v) is 7.05. The van der Waals surface area contributed by atoms with Gasteiger partial charge in [0.15, 0.2) is 0 Å². The van der Waals surface area contributed by atoms with Crippen LogP contribution in [0, 0.1) is 5.92 Å². The Bertz CT molecular complexity index is 343. The molecule has 2 N–H and O–H groups in total. The van der Waals surface area contributed by atoms with Crippen LogP contribution in [0.2, 0.25) is 0 Å². The summed E-state index contributed by atoms with van der Waals surface area (Å²) in [5.74, 6) is 0.260. The van der Waals surface area contributed by atoms with E-state index in [1.54, 1.807) is 13.8 Å². The van der Waals surface area contributed by atoms with E-state index in [-0.39, 0.29) is 5.92 Å². The SMILES string of the molecule is [B][C@@H]1O[C@H](CC(C)C)C(NP(=O)(O)OC(C)C)[C@@H]1F. The smallest absolute Gasteiger partial charge is 0.380 e. The Morgan fingerprint density at radius 2 is 2.05 bits per heavy atom. The van der Waals surface area contributed by atoms with Gasteiger partial charge in [-0.25, -0.2) is 14.0 Å². The van der Waals surface area contributed by atoms with E-state index in [9.17, 15) is 13.8 Å². The first-order valence-corrected chi connectivity index (χ1v) is 8.04. The molecule has 110 valence electrons. The standard InChI is InChI=1S/C11H22BFNO4P/c1-6(2)5-8-10(9(13)11(12)17-8)14-19(15,16)18-7(3)4/h6-11H,5H2,1-4H3,(H2,14,15,16)/t8-,9+,10?,11-/m1/s1. The van der Waals surface area contributed by atoms with Crippen molar-refractivity contribution in [2.45, 2.75) is 64.5 Å². The highest BCUT2D eigenvalue weighted by Gasteiger charge is 2.45. The van der Waals surface area contributed by atoms with Crippen LogP contribution >= 0.6 is 7.75 Å². The monoisotopic (exact) mass is 293 g/mol. The van der Waals surface area contributed by atoms with Crippen molar-refractivity contribution < 1.29 is 23.1 Å². The van der Waals surface area contributed by atoms with Gasteiger partial charge in [-0.3, -0.25) is 4.52 Å². The number of halogens is 1. The molecule has 1 heterocycles. The molecule has 1 saturated heterocycles. The molecule has 19 heavy (non-hydrogen) atoms. The van der Waals surface area contributed by atoms with E-state index in [0.717, 1.165) is 0 Å². The lowest BCUT2D eigenvalue weighted by molar-refractivity contribution is 0.0590. The van der Waals surface area contributed by atoms with E-state index < -0.39 is 38.2 Å². The number of alkyl halides is 1. The average Bonchev–Trinajstić information content (AvgIpc) is 2.42. The van der Waals surface area contributed by atoms with Gasteiger partial charge in [-0.05, 0) is 26.2 Å². The number of nitrogens with one attached hydrogen (secondary N) is 1. The highest BCUT2D eigenvalue weighted by atomic mass is 31.2. The predicted molar refractivity (Wildman–Crippen MR) is 71.7 cm³/mol. The summed E-state index contributed by atoms with van der Waals surface area (Å²) < 4.78 is 35.9. The first-order valence-electron chi connectivity index (χ1n) is 6.46. The van der Waals surface area contributed by atoms with Gasteiger partial charge in [0.25, 0.3) is 0 Å². The molecule has 5 nitrogen and oxygen atoms in total. The van der Waals surface area contributed by atoms with Crippen molar-refractivity contribution in [2.24, 2.45) is 5.92 Å². The third-order valence-corrected chi connectivity index (χ3v) is 4.09. The van der Waals surface area contributed by atoms with Crippen LogP contribution in [0.25, 0.3) is 0 Å². The summed E-state index contributed by atoms with van der Waals surface area (Å²) in [4.78, 5) is 9.66. The molecule has 1 aliphatic rings. The van der Waals surface area contributed by atoms with Gasteiger partial charge in [0.1, 0.15) is 14.0 Å². The largest absolute Gasteiger partial charge is 0.403 e. The van der Waals surface area contributed by atoms with Gasteiger partial charge in [-0.2, -0.15) is 0 Å². The third kappa shape index (κ3) is 5.16. The summed E-state index contributed by atoms with van der Waals surface area (Å²) in [6, 6.07) is -2.02. The normalized spacial score (nSPS) is 34.9. The highest BCUT2D eigenvalue weighted by molar-refractivity contribution is 7.50. The molecule has 0 bridgehead atoms. The molecule has 0 saturated carbocycles. The van der Waals surface area contributed by atoms with E-state index in [1.165, 1.54) is 0 Å². The van der Waals surface area contributed by atoms with Crippen molar-refractivity contribution in [1.29, 1.82) is 0 Å². The molecule has 0 spiro atoms. The summed E-state index contributed by atoms with van der Waals surface area (Å²) in [7, 11) is 1.44. The molecule has 2 unspecified atom stereocenters. The molecular formula is C11H22BFNO4P. The molecule has 0 aliphatic carbocycles. The van der Waals surface area contributed by atoms with Crippen molar-refractivity contribution in [3.8, 4) is 0 Å². The number of hydrogen-bond donors (Lipinski definition) is 2. The molecule has 2 radical (unpaired) electrons. The van der Waals surface area contributed by atoms with Gasteiger partial charge in [-0.15, -0.1) is 0 Å². The Kier molecular flexibility index (Phi) is 6.02. The Labute approximate surface area is 115 Å². The minimum Gasteiger partial charge on any atom is -0.380 e. The van der Waals surface area contributed by atoms with Crippen molar-refractivity contribution in [1.82, 2.24) is 5.09 Å². The fourth-order valence-electron chi connectivity index (χ4n) is 2.10. The van der Waals surface area contributed by atoms with Crippen LogP contribution in [-0.2, 0) is 13.8 Å². The first kappa shape index (κ1) is 17.1. The van der Waals surface area contributed by atoms with Gasteiger partial charge in [0.2, 0.25) is 0 Å². The maximum absolute atomic E-state index is 13.9. The summed E-state index contributed by atoms with van der Waals surface area (Å²) >= 11 is 0. The van der Waals surface area contributed by atoms with Crippen molar-refractivity contribution in [2.75, 3.05) is 0 Å². The molecular weight excluding hydrogens is 271 g/mol. The van der Waals surface area contributed by atoms with E-state index in [0.29, 0.717) is 6.42 Å². The molecule has 1 fully saturated rings. The van der Waals surface area contributed by atoms with Crippen LogP contribution < -0.4 is 5.09 Å². The molecule has 5 atom stereocenters. The van der Waals surface area contributed by atoms with Crippen LogP contribution in [0.4, 0.5) is 4.39 Å². The molecule has 0 aromatic rings. The van der Waals surface area contributed by atoms with Crippen LogP contribution in [0.15, 0.2) is 0 Å². The second kappa shape index (κ2) is 6.68. The topological polar surface area (TPSA) is 67.8 Å². The summed E-state index contributed by atoms with van der Waals surface area (Å²) in [6.07, 6.45) is -1.98. The fourth-order valence-corrected chi connectivity index (χ4v) is 3.41. The Hall–Kier alpha value is 0.0649. The molecule has 0 aromatic heterocycles. The molecule has 1 rings (SSSR count). The van der Waals surface area contributed by atoms with Crippen molar-refractivity contribution >= 4 is 15.6 Å². The minimum atomic E-state index is -4.07. The lowest BCUT2D eigenvalue weighted by Crippen LogP contribution is -2.42. The molecule has 8 heteroatoms. The highest BCUT2D eigenvalue weighted by Crippen LogP contribution is 2.42. The number of ether oxygens (including phenoxy) is 1. The van der Waals surface area contributed by atoms with Crippen LogP contribution in [0.3, 0.4) is 0 Å². The number of hydrogen-bond acceptors (Lipinski definition) is 3. The summed E-state index contributed by atoms with van der Waals surface area (Å²) in [5, 5.41) is 2.33. The van der Waals surface area contributed by atoms with E-state index in [1.807, 2.05) is 13.8 Å². The fraction of sp³-hybridized carbons (Fsp3) is 1.00. The van der Waals surface area contributed by atoms with Gasteiger partial charge in [0, 0.05) is 6.00 Å². The van der Waals surface area contributed by atoms with Crippen molar-refractivity contribution in [3.05, 3.63) is 0 Å². The Balaban J connectivity index is 2.74. The maximum Gasteiger partial charge on any atom is 0.403 e. The van der Waals surface area contributed by atoms with Crippen LogP contribution in [0.1, 0.15) is 34.1 Å². The average molecular weight is 293 g/mol. The van der Waals surface area contributed by atoms with Gasteiger partial charge in [0.05, 0.1) is 18.2 Å². The summed E-state index contributed by atoms with van der Waals surface area (Å²) in [5.41, 5.74) is 0. The Morgan fingerprint density at radius 3 is 2.53 bits per heavy atom. The van der Waals surface area contributed by atoms with Gasteiger partial charge >= 0.3 is 7.75 Å². The van der Waals surface area contributed by atoms with E-state index >= 15 is 0 Å². The number of rotatable bonds is 6. The molecule has 0 amide bonds. The van der Waals surface area contributed by atoms with Gasteiger partial charge < -0.3 is 9.63 Å². The first-order chi connectivity index (χ1) is 8.62. The zero-order chi connectivity index (χ0) is 14.8. The zero-order valence-electron chi connectivity index (χ0n) is 11.7. The maximum atomic E-state index is 13.9. The van der Waals surface area contributed by atoms with Crippen LogP contribution in [-0.4, -0.2) is 43.2 Å². The lowest BCUT2D eigenvalue weighted by atomic mass is 9.92. The minimum absolute atomic E-state index is 0.260.